The molecule has 0 atom stereocenters. The third kappa shape index (κ3) is 3.95. The van der Waals surface area contributed by atoms with Gasteiger partial charge in [-0.25, -0.2) is 14.4 Å². The van der Waals surface area contributed by atoms with Gasteiger partial charge in [-0.15, -0.1) is 0 Å². The second-order valence-electron chi connectivity index (χ2n) is 6.20. The van der Waals surface area contributed by atoms with Crippen molar-refractivity contribution in [1.82, 2.24) is 15.3 Å². The zero-order valence-corrected chi connectivity index (χ0v) is 16.1. The third-order valence-electron chi connectivity index (χ3n) is 4.40. The topological polar surface area (TPSA) is 78.4 Å². The highest BCUT2D eigenvalue weighted by Crippen LogP contribution is 2.26. The van der Waals surface area contributed by atoms with Crippen LogP contribution in [0.3, 0.4) is 0 Å². The van der Waals surface area contributed by atoms with E-state index in [1.165, 1.54) is 6.07 Å². The molecular formula is C18H15ClFN5O2S. The van der Waals surface area contributed by atoms with Crippen LogP contribution in [0.4, 0.5) is 20.8 Å². The van der Waals surface area contributed by atoms with E-state index >= 15 is 0 Å². The van der Waals surface area contributed by atoms with Crippen molar-refractivity contribution in [2.45, 2.75) is 0 Å². The number of benzene rings is 1. The average Bonchev–Trinajstić information content (AvgIpc) is 2.99. The summed E-state index contributed by atoms with van der Waals surface area (Å²) in [6.45, 7) is 2.46. The summed E-state index contributed by atoms with van der Waals surface area (Å²) < 4.78 is 14.1. The minimum absolute atomic E-state index is 0.303. The van der Waals surface area contributed by atoms with Gasteiger partial charge in [-0.05, 0) is 42.1 Å². The number of hydrogen-bond donors (Lipinski definition) is 1. The number of rotatable bonds is 3. The van der Waals surface area contributed by atoms with Gasteiger partial charge in [0.2, 0.25) is 5.95 Å². The van der Waals surface area contributed by atoms with Crippen LogP contribution in [0.1, 0.15) is 5.69 Å². The normalized spacial score (nSPS) is 18.7. The molecule has 1 N–H and O–H groups in total. The molecule has 1 aromatic heterocycles. The van der Waals surface area contributed by atoms with Crippen LogP contribution in [0, 0.1) is 5.82 Å². The van der Waals surface area contributed by atoms with Crippen LogP contribution in [0.15, 0.2) is 35.4 Å². The summed E-state index contributed by atoms with van der Waals surface area (Å²) in [7, 11) is 0. The Morgan fingerprint density at radius 1 is 1.14 bits per heavy atom. The van der Waals surface area contributed by atoms with Gasteiger partial charge >= 0.3 is 0 Å². The molecule has 0 saturated carbocycles. The van der Waals surface area contributed by atoms with E-state index in [4.69, 9.17) is 11.6 Å². The van der Waals surface area contributed by atoms with Crippen LogP contribution in [0.5, 0.6) is 0 Å². The Kier molecular flexibility index (Phi) is 5.19. The smallest absolute Gasteiger partial charge is 0.290 e. The Balaban J connectivity index is 1.46. The quantitative estimate of drug-likeness (QED) is 0.766. The molecule has 0 aliphatic carbocycles. The molecule has 7 nitrogen and oxygen atoms in total. The average molecular weight is 420 g/mol. The molecule has 2 aromatic rings. The number of aromatic nitrogens is 2. The number of nitrogens with zero attached hydrogens (tertiary/aromatic N) is 4. The molecule has 2 amide bonds. The van der Waals surface area contributed by atoms with E-state index in [0.717, 1.165) is 11.8 Å². The monoisotopic (exact) mass is 419 g/mol. The lowest BCUT2D eigenvalue weighted by Gasteiger charge is -2.36. The van der Waals surface area contributed by atoms with Crippen LogP contribution in [0.2, 0.25) is 5.02 Å². The van der Waals surface area contributed by atoms with Gasteiger partial charge in [0.25, 0.3) is 11.1 Å². The SMILES string of the molecule is O=C1NC(=O)/C(=C/c2ccnc(N3CCN(c4ccc(Cl)cc4F)CC3)n2)S1. The molecule has 1 aromatic carbocycles. The predicted octanol–water partition coefficient (Wildman–Crippen LogP) is 2.92. The van der Waals surface area contributed by atoms with Gasteiger partial charge in [0, 0.05) is 37.4 Å². The van der Waals surface area contributed by atoms with Crippen molar-refractivity contribution < 1.29 is 14.0 Å². The van der Waals surface area contributed by atoms with Gasteiger partial charge in [-0.3, -0.25) is 14.9 Å². The van der Waals surface area contributed by atoms with Crippen molar-refractivity contribution in [2.75, 3.05) is 36.0 Å². The maximum absolute atomic E-state index is 14.1. The van der Waals surface area contributed by atoms with Crippen LogP contribution in [-0.2, 0) is 4.79 Å². The van der Waals surface area contributed by atoms with Gasteiger partial charge in [-0.1, -0.05) is 11.6 Å². The molecule has 0 bridgehead atoms. The van der Waals surface area contributed by atoms with E-state index in [-0.39, 0.29) is 5.82 Å². The molecule has 10 heteroatoms. The Labute approximate surface area is 169 Å². The summed E-state index contributed by atoms with van der Waals surface area (Å²) in [5, 5.41) is 2.19. The number of thioether (sulfide) groups is 1. The molecule has 2 aliphatic rings. The number of carbonyl (C=O) groups is 2. The molecule has 2 aliphatic heterocycles. The third-order valence-corrected chi connectivity index (χ3v) is 5.44. The van der Waals surface area contributed by atoms with Crippen LogP contribution in [0.25, 0.3) is 6.08 Å². The first-order chi connectivity index (χ1) is 13.5. The number of nitrogens with one attached hydrogen (secondary N) is 1. The molecule has 0 spiro atoms. The molecular weight excluding hydrogens is 405 g/mol. The van der Waals surface area contributed by atoms with Crippen molar-refractivity contribution in [2.24, 2.45) is 0 Å². The Morgan fingerprint density at radius 3 is 2.57 bits per heavy atom. The number of anilines is 2. The summed E-state index contributed by atoms with van der Waals surface area (Å²) in [4.78, 5) is 36.0. The largest absolute Gasteiger partial charge is 0.366 e. The first kappa shape index (κ1) is 18.7. The summed E-state index contributed by atoms with van der Waals surface area (Å²) >= 11 is 6.66. The second-order valence-corrected chi connectivity index (χ2v) is 7.65. The highest BCUT2D eigenvalue weighted by atomic mass is 35.5. The fourth-order valence-corrected chi connectivity index (χ4v) is 3.86. The molecule has 3 heterocycles. The van der Waals surface area contributed by atoms with Gasteiger partial charge in [0.05, 0.1) is 16.3 Å². The van der Waals surface area contributed by atoms with Crippen molar-refractivity contribution in [3.63, 3.8) is 0 Å². The van der Waals surface area contributed by atoms with Crippen LogP contribution < -0.4 is 15.1 Å². The summed E-state index contributed by atoms with van der Waals surface area (Å²) in [6, 6.07) is 6.34. The van der Waals surface area contributed by atoms with Gasteiger partial charge in [0.1, 0.15) is 5.82 Å². The molecule has 0 unspecified atom stereocenters. The number of imide groups is 1. The number of hydrogen-bond acceptors (Lipinski definition) is 7. The fraction of sp³-hybridized carbons (Fsp3) is 0.222. The molecule has 4 rings (SSSR count). The number of piperazine rings is 1. The highest BCUT2D eigenvalue weighted by Gasteiger charge is 2.25. The fourth-order valence-electron chi connectivity index (χ4n) is 3.04. The Hall–Kier alpha value is -2.65. The standard InChI is InChI=1S/C18H15ClFN5O2S/c19-11-1-2-14(13(20)9-11)24-5-7-25(8-6-24)17-21-4-3-12(22-17)10-15-16(26)23-18(27)28-15/h1-4,9-10H,5-8H2,(H,23,26,27)/b15-10-. The lowest BCUT2D eigenvalue weighted by Crippen LogP contribution is -2.47. The predicted molar refractivity (Wildman–Crippen MR) is 107 cm³/mol. The van der Waals surface area contributed by atoms with Crippen LogP contribution >= 0.6 is 23.4 Å². The van der Waals surface area contributed by atoms with E-state index in [1.807, 2.05) is 9.80 Å². The number of amides is 2. The van der Waals surface area contributed by atoms with E-state index in [1.54, 1.807) is 30.5 Å². The molecule has 0 radical (unpaired) electrons. The molecule has 28 heavy (non-hydrogen) atoms. The minimum atomic E-state index is -0.422. The molecule has 2 fully saturated rings. The minimum Gasteiger partial charge on any atom is -0.366 e. The zero-order valence-electron chi connectivity index (χ0n) is 14.6. The summed E-state index contributed by atoms with van der Waals surface area (Å²) in [5.74, 6) is -0.234. The van der Waals surface area contributed by atoms with E-state index in [9.17, 15) is 14.0 Å². The first-order valence-electron chi connectivity index (χ1n) is 8.52. The Morgan fingerprint density at radius 2 is 1.89 bits per heavy atom. The van der Waals surface area contributed by atoms with E-state index in [0.29, 0.717) is 53.4 Å². The van der Waals surface area contributed by atoms with Gasteiger partial charge < -0.3 is 9.80 Å². The maximum Gasteiger partial charge on any atom is 0.290 e. The highest BCUT2D eigenvalue weighted by molar-refractivity contribution is 8.18. The Bertz CT molecular complexity index is 978. The maximum atomic E-state index is 14.1. The number of carbonyl (C=O) groups excluding carboxylic acids is 2. The van der Waals surface area contributed by atoms with Crippen molar-refractivity contribution in [1.29, 1.82) is 0 Å². The van der Waals surface area contributed by atoms with E-state index < -0.39 is 11.1 Å². The lowest BCUT2D eigenvalue weighted by atomic mass is 10.2. The first-order valence-corrected chi connectivity index (χ1v) is 9.72. The van der Waals surface area contributed by atoms with Gasteiger partial charge in [-0.2, -0.15) is 0 Å². The van der Waals surface area contributed by atoms with E-state index in [2.05, 4.69) is 15.3 Å². The van der Waals surface area contributed by atoms with Crippen molar-refractivity contribution in [3.05, 3.63) is 51.9 Å². The van der Waals surface area contributed by atoms with Crippen molar-refractivity contribution in [3.8, 4) is 0 Å². The van der Waals surface area contributed by atoms with Crippen LogP contribution in [-0.4, -0.2) is 47.3 Å². The summed E-state index contributed by atoms with van der Waals surface area (Å²) in [6.07, 6.45) is 3.18. The lowest BCUT2D eigenvalue weighted by molar-refractivity contribution is -0.115. The summed E-state index contributed by atoms with van der Waals surface area (Å²) in [5.41, 5.74) is 1.07. The zero-order chi connectivity index (χ0) is 19.7. The number of halogens is 2. The van der Waals surface area contributed by atoms with Gasteiger partial charge in [0.15, 0.2) is 0 Å². The van der Waals surface area contributed by atoms with Crippen molar-refractivity contribution >= 4 is 52.2 Å². The molecule has 2 saturated heterocycles. The second kappa shape index (κ2) is 7.76. The molecule has 144 valence electrons.